The fraction of sp³-hybridized carbons (Fsp3) is 0.308. The highest BCUT2D eigenvalue weighted by Gasteiger charge is 2.28. The number of aliphatic carboxylic acids is 1. The molecule has 0 aliphatic carbocycles. The second-order valence-electron chi connectivity index (χ2n) is 4.05. The molecule has 19 heavy (non-hydrogen) atoms. The van der Waals surface area contributed by atoms with Crippen molar-refractivity contribution in [3.8, 4) is 0 Å². The lowest BCUT2D eigenvalue weighted by Crippen LogP contribution is -2.28. The molecule has 2 aromatic heterocycles. The molecule has 0 aliphatic rings. The molecule has 0 aromatic carbocycles. The van der Waals surface area contributed by atoms with Crippen molar-refractivity contribution in [2.45, 2.75) is 13.3 Å². The molecule has 6 heteroatoms. The number of carbonyl (C=O) groups excluding carboxylic acids is 1. The Morgan fingerprint density at radius 1 is 1.47 bits per heavy atom. The van der Waals surface area contributed by atoms with Crippen LogP contribution < -0.4 is 0 Å². The van der Waals surface area contributed by atoms with Gasteiger partial charge in [0.2, 0.25) is 0 Å². The first-order valence-corrected chi connectivity index (χ1v) is 5.94. The summed E-state index contributed by atoms with van der Waals surface area (Å²) in [5, 5.41) is 9.07. The molecule has 0 saturated carbocycles. The molecule has 1 atom stereocenters. The lowest BCUT2D eigenvalue weighted by molar-refractivity contribution is -0.158. The topological polar surface area (TPSA) is 80.9 Å². The van der Waals surface area contributed by atoms with E-state index < -0.39 is 17.9 Å². The Labute approximate surface area is 109 Å². The van der Waals surface area contributed by atoms with E-state index in [1.807, 2.05) is 24.4 Å². The van der Waals surface area contributed by atoms with Crippen LogP contribution >= 0.6 is 0 Å². The number of carbonyl (C=O) groups is 2. The van der Waals surface area contributed by atoms with Gasteiger partial charge in [-0.15, -0.1) is 0 Å². The summed E-state index contributed by atoms with van der Waals surface area (Å²) in [5.74, 6) is -3.15. The second-order valence-corrected chi connectivity index (χ2v) is 4.05. The summed E-state index contributed by atoms with van der Waals surface area (Å²) in [7, 11) is 0. The molecule has 100 valence electrons. The average Bonchev–Trinajstić information content (AvgIpc) is 2.78. The van der Waals surface area contributed by atoms with Crippen LogP contribution in [0.4, 0.5) is 0 Å². The van der Waals surface area contributed by atoms with Gasteiger partial charge in [-0.3, -0.25) is 9.59 Å². The molecule has 0 aliphatic heterocycles. The third-order valence-electron chi connectivity index (χ3n) is 2.70. The predicted octanol–water partition coefficient (Wildman–Crippen LogP) is 1.14. The summed E-state index contributed by atoms with van der Waals surface area (Å²) in [5.41, 5.74) is 1.26. The van der Waals surface area contributed by atoms with Crippen LogP contribution in [0.15, 0.2) is 30.6 Å². The van der Waals surface area contributed by atoms with Crippen molar-refractivity contribution in [1.82, 2.24) is 9.38 Å². The normalized spacial score (nSPS) is 12.3. The molecule has 1 N–H and O–H groups in total. The van der Waals surface area contributed by atoms with E-state index in [1.165, 1.54) is 0 Å². The van der Waals surface area contributed by atoms with Gasteiger partial charge in [0, 0.05) is 18.8 Å². The van der Waals surface area contributed by atoms with Crippen LogP contribution in [-0.4, -0.2) is 33.0 Å². The van der Waals surface area contributed by atoms with Crippen molar-refractivity contribution in [3.63, 3.8) is 0 Å². The quantitative estimate of drug-likeness (QED) is 0.645. The number of carboxylic acids is 1. The lowest BCUT2D eigenvalue weighted by atomic mass is 10.0. The first-order valence-electron chi connectivity index (χ1n) is 5.94. The van der Waals surface area contributed by atoms with Crippen LogP contribution in [0.25, 0.3) is 5.65 Å². The zero-order valence-corrected chi connectivity index (χ0v) is 10.4. The van der Waals surface area contributed by atoms with E-state index in [4.69, 9.17) is 9.84 Å². The van der Waals surface area contributed by atoms with E-state index in [9.17, 15) is 9.59 Å². The van der Waals surface area contributed by atoms with Crippen LogP contribution in [0.3, 0.4) is 0 Å². The van der Waals surface area contributed by atoms with Gasteiger partial charge in [0.05, 0.1) is 12.3 Å². The van der Waals surface area contributed by atoms with Crippen LogP contribution in [0.2, 0.25) is 0 Å². The van der Waals surface area contributed by atoms with Crippen molar-refractivity contribution in [2.24, 2.45) is 5.92 Å². The summed E-state index contributed by atoms with van der Waals surface area (Å²) in [4.78, 5) is 26.9. The Bertz CT molecular complexity index is 572. The third kappa shape index (κ3) is 2.90. The molecule has 0 amide bonds. The Hall–Kier alpha value is -2.37. The number of ether oxygens (including phenoxy) is 1. The summed E-state index contributed by atoms with van der Waals surface area (Å²) < 4.78 is 6.53. The molecule has 1 unspecified atom stereocenters. The van der Waals surface area contributed by atoms with E-state index >= 15 is 0 Å². The van der Waals surface area contributed by atoms with Gasteiger partial charge >= 0.3 is 11.9 Å². The van der Waals surface area contributed by atoms with Gasteiger partial charge in [0.15, 0.2) is 5.92 Å². The lowest BCUT2D eigenvalue weighted by Gasteiger charge is -2.09. The fourth-order valence-corrected chi connectivity index (χ4v) is 1.81. The van der Waals surface area contributed by atoms with E-state index in [2.05, 4.69) is 4.98 Å². The maximum absolute atomic E-state index is 11.6. The second kappa shape index (κ2) is 5.51. The molecule has 2 rings (SSSR count). The maximum Gasteiger partial charge on any atom is 0.320 e. The number of pyridine rings is 1. The number of rotatable bonds is 5. The van der Waals surface area contributed by atoms with E-state index in [0.29, 0.717) is 11.3 Å². The number of carboxylic acid groups (broad SMARTS) is 1. The Kier molecular flexibility index (Phi) is 3.79. The minimum atomic E-state index is -1.22. The molecule has 0 saturated heterocycles. The standard InChI is InChI=1S/C13H14N2O4/c1-2-19-13(18)10(12(16)17)7-9-8-15-6-4-3-5-11(15)14-9/h3-6,8,10H,2,7H2,1H3,(H,16,17). The molecular weight excluding hydrogens is 248 g/mol. The predicted molar refractivity (Wildman–Crippen MR) is 66.7 cm³/mol. The van der Waals surface area contributed by atoms with Crippen molar-refractivity contribution < 1.29 is 19.4 Å². The molecule has 6 nitrogen and oxygen atoms in total. The Balaban J connectivity index is 2.21. The monoisotopic (exact) mass is 262 g/mol. The molecule has 0 fully saturated rings. The zero-order valence-electron chi connectivity index (χ0n) is 10.4. The van der Waals surface area contributed by atoms with Crippen molar-refractivity contribution in [1.29, 1.82) is 0 Å². The zero-order chi connectivity index (χ0) is 13.8. The van der Waals surface area contributed by atoms with E-state index in [1.54, 1.807) is 17.5 Å². The van der Waals surface area contributed by atoms with Gasteiger partial charge in [0.25, 0.3) is 0 Å². The summed E-state index contributed by atoms with van der Waals surface area (Å²) >= 11 is 0. The largest absolute Gasteiger partial charge is 0.481 e. The van der Waals surface area contributed by atoms with E-state index in [-0.39, 0.29) is 13.0 Å². The van der Waals surface area contributed by atoms with Gasteiger partial charge in [-0.25, -0.2) is 4.98 Å². The SMILES string of the molecule is CCOC(=O)C(Cc1cn2ccccc2n1)C(=O)O. The number of hydrogen-bond acceptors (Lipinski definition) is 4. The van der Waals surface area contributed by atoms with Gasteiger partial charge in [0.1, 0.15) is 5.65 Å². The fourth-order valence-electron chi connectivity index (χ4n) is 1.81. The van der Waals surface area contributed by atoms with Gasteiger partial charge in [-0.2, -0.15) is 0 Å². The van der Waals surface area contributed by atoms with Crippen LogP contribution in [0.5, 0.6) is 0 Å². The maximum atomic E-state index is 11.6. The first kappa shape index (κ1) is 13.1. The summed E-state index contributed by atoms with van der Waals surface area (Å²) in [6, 6.07) is 5.49. The van der Waals surface area contributed by atoms with Gasteiger partial charge in [-0.05, 0) is 19.1 Å². The first-order chi connectivity index (χ1) is 9.11. The number of hydrogen-bond donors (Lipinski definition) is 1. The number of imidazole rings is 1. The minimum Gasteiger partial charge on any atom is -0.481 e. The highest BCUT2D eigenvalue weighted by molar-refractivity contribution is 5.94. The molecule has 0 bridgehead atoms. The molecule has 0 spiro atoms. The van der Waals surface area contributed by atoms with Crippen molar-refractivity contribution in [2.75, 3.05) is 6.61 Å². The number of aromatic nitrogens is 2. The van der Waals surface area contributed by atoms with E-state index in [0.717, 1.165) is 0 Å². The smallest absolute Gasteiger partial charge is 0.320 e. The molecule has 0 radical (unpaired) electrons. The average molecular weight is 262 g/mol. The molecular formula is C13H14N2O4. The van der Waals surface area contributed by atoms with Gasteiger partial charge < -0.3 is 14.2 Å². The molecule has 2 heterocycles. The number of esters is 1. The highest BCUT2D eigenvalue weighted by atomic mass is 16.5. The Morgan fingerprint density at radius 3 is 2.89 bits per heavy atom. The summed E-state index contributed by atoms with van der Waals surface area (Å²) in [6.07, 6.45) is 3.55. The van der Waals surface area contributed by atoms with Crippen LogP contribution in [0, 0.1) is 5.92 Å². The summed E-state index contributed by atoms with van der Waals surface area (Å²) in [6.45, 7) is 1.80. The Morgan fingerprint density at radius 2 is 2.26 bits per heavy atom. The highest BCUT2D eigenvalue weighted by Crippen LogP contribution is 2.12. The molecule has 2 aromatic rings. The minimum absolute atomic E-state index is 0.0237. The van der Waals surface area contributed by atoms with Crippen LogP contribution in [-0.2, 0) is 20.7 Å². The van der Waals surface area contributed by atoms with Crippen molar-refractivity contribution >= 4 is 17.6 Å². The van der Waals surface area contributed by atoms with Gasteiger partial charge in [-0.1, -0.05) is 6.07 Å². The van der Waals surface area contributed by atoms with Crippen molar-refractivity contribution in [3.05, 3.63) is 36.3 Å². The third-order valence-corrected chi connectivity index (χ3v) is 2.70. The van der Waals surface area contributed by atoms with Crippen LogP contribution in [0.1, 0.15) is 12.6 Å². The number of fused-ring (bicyclic) bond motifs is 1. The number of nitrogens with zero attached hydrogens (tertiary/aromatic N) is 2.